The average Bonchev–Trinajstić information content (AvgIpc) is 3.38. The molecule has 1 fully saturated rings. The molecule has 0 saturated heterocycles. The van der Waals surface area contributed by atoms with Gasteiger partial charge in [0.1, 0.15) is 12.3 Å². The van der Waals surface area contributed by atoms with Crippen molar-refractivity contribution in [1.82, 2.24) is 5.32 Å². The SMILES string of the molecule is CC(=O)N(CC(=O)NC1CC1)c1ccccc1Oc1ccccc1. The van der Waals surface area contributed by atoms with Crippen molar-refractivity contribution in [2.45, 2.75) is 25.8 Å². The van der Waals surface area contributed by atoms with E-state index in [1.54, 1.807) is 12.1 Å². The molecule has 0 aromatic heterocycles. The molecule has 0 atom stereocenters. The minimum atomic E-state index is -0.204. The fourth-order valence-corrected chi connectivity index (χ4v) is 2.39. The summed E-state index contributed by atoms with van der Waals surface area (Å²) in [5, 5.41) is 2.90. The Hall–Kier alpha value is -2.82. The normalized spacial score (nSPS) is 13.2. The highest BCUT2D eigenvalue weighted by Gasteiger charge is 2.26. The van der Waals surface area contributed by atoms with Crippen molar-refractivity contribution >= 4 is 17.5 Å². The number of para-hydroxylation sites is 3. The number of rotatable bonds is 6. The predicted molar refractivity (Wildman–Crippen MR) is 92.1 cm³/mol. The molecular weight excluding hydrogens is 304 g/mol. The van der Waals surface area contributed by atoms with Crippen LogP contribution in [0.5, 0.6) is 11.5 Å². The number of carbonyl (C=O) groups excluding carboxylic acids is 2. The molecule has 0 aliphatic heterocycles. The first-order valence-corrected chi connectivity index (χ1v) is 8.03. The van der Waals surface area contributed by atoms with Gasteiger partial charge in [-0.1, -0.05) is 30.3 Å². The van der Waals surface area contributed by atoms with Crippen molar-refractivity contribution in [3.63, 3.8) is 0 Å². The van der Waals surface area contributed by atoms with E-state index >= 15 is 0 Å². The van der Waals surface area contributed by atoms with Crippen LogP contribution in [-0.4, -0.2) is 24.4 Å². The maximum Gasteiger partial charge on any atom is 0.240 e. The maximum absolute atomic E-state index is 12.1. The molecule has 3 rings (SSSR count). The third-order valence-electron chi connectivity index (χ3n) is 3.75. The van der Waals surface area contributed by atoms with Gasteiger partial charge in [0.2, 0.25) is 11.8 Å². The Morgan fingerprint density at radius 3 is 2.42 bits per heavy atom. The smallest absolute Gasteiger partial charge is 0.240 e. The first-order chi connectivity index (χ1) is 11.6. The second kappa shape index (κ2) is 7.17. The van der Waals surface area contributed by atoms with Crippen molar-refractivity contribution in [3.8, 4) is 11.5 Å². The third kappa shape index (κ3) is 4.13. The van der Waals surface area contributed by atoms with Crippen molar-refractivity contribution < 1.29 is 14.3 Å². The molecule has 1 aliphatic rings. The Morgan fingerprint density at radius 1 is 1.08 bits per heavy atom. The summed E-state index contributed by atoms with van der Waals surface area (Å²) in [6, 6.07) is 16.8. The van der Waals surface area contributed by atoms with Crippen LogP contribution < -0.4 is 15.0 Å². The van der Waals surface area contributed by atoms with E-state index in [2.05, 4.69) is 5.32 Å². The molecule has 0 radical (unpaired) electrons. The predicted octanol–water partition coefficient (Wildman–Crippen LogP) is 3.11. The highest BCUT2D eigenvalue weighted by Crippen LogP contribution is 2.32. The van der Waals surface area contributed by atoms with Crippen molar-refractivity contribution in [2.24, 2.45) is 0 Å². The van der Waals surface area contributed by atoms with Crippen LogP contribution in [0.25, 0.3) is 0 Å². The lowest BCUT2D eigenvalue weighted by Crippen LogP contribution is -2.40. The lowest BCUT2D eigenvalue weighted by atomic mass is 10.2. The van der Waals surface area contributed by atoms with E-state index in [4.69, 9.17) is 4.74 Å². The molecule has 0 spiro atoms. The Kier molecular flexibility index (Phi) is 4.79. The number of anilines is 1. The number of hydrogen-bond acceptors (Lipinski definition) is 3. The van der Waals surface area contributed by atoms with Gasteiger partial charge in [0, 0.05) is 13.0 Å². The molecule has 2 aromatic rings. The Morgan fingerprint density at radius 2 is 1.75 bits per heavy atom. The van der Waals surface area contributed by atoms with E-state index < -0.39 is 0 Å². The largest absolute Gasteiger partial charge is 0.455 e. The van der Waals surface area contributed by atoms with E-state index in [0.29, 0.717) is 17.2 Å². The summed E-state index contributed by atoms with van der Waals surface area (Å²) in [5.41, 5.74) is 0.583. The van der Waals surface area contributed by atoms with Crippen LogP contribution in [0.15, 0.2) is 54.6 Å². The minimum Gasteiger partial charge on any atom is -0.455 e. The average molecular weight is 324 g/mol. The molecule has 5 heteroatoms. The summed E-state index contributed by atoms with van der Waals surface area (Å²) >= 11 is 0. The number of hydrogen-bond donors (Lipinski definition) is 1. The van der Waals surface area contributed by atoms with Gasteiger partial charge in [-0.3, -0.25) is 14.5 Å². The summed E-state index contributed by atoms with van der Waals surface area (Å²) in [5.74, 6) is 0.862. The second-order valence-corrected chi connectivity index (χ2v) is 5.83. The number of ether oxygens (including phenoxy) is 1. The van der Waals surface area contributed by atoms with Crippen LogP contribution in [0.1, 0.15) is 19.8 Å². The number of nitrogens with one attached hydrogen (secondary N) is 1. The molecule has 2 amide bonds. The summed E-state index contributed by atoms with van der Waals surface area (Å²) in [7, 11) is 0. The fourth-order valence-electron chi connectivity index (χ4n) is 2.39. The number of nitrogens with zero attached hydrogens (tertiary/aromatic N) is 1. The second-order valence-electron chi connectivity index (χ2n) is 5.83. The van der Waals surface area contributed by atoms with Crippen molar-refractivity contribution in [2.75, 3.05) is 11.4 Å². The molecule has 1 N–H and O–H groups in total. The monoisotopic (exact) mass is 324 g/mol. The standard InChI is InChI=1S/C19H20N2O3/c1-14(22)21(13-19(23)20-15-11-12-15)17-9-5-6-10-18(17)24-16-7-3-2-4-8-16/h2-10,15H,11-13H2,1H3,(H,20,23). The zero-order chi connectivity index (χ0) is 16.9. The molecule has 1 saturated carbocycles. The molecule has 2 aromatic carbocycles. The molecule has 24 heavy (non-hydrogen) atoms. The topological polar surface area (TPSA) is 58.6 Å². The molecular formula is C19H20N2O3. The number of benzene rings is 2. The number of carbonyl (C=O) groups is 2. The van der Waals surface area contributed by atoms with Crippen LogP contribution in [0.3, 0.4) is 0 Å². The van der Waals surface area contributed by atoms with Gasteiger partial charge in [0.25, 0.3) is 0 Å². The lowest BCUT2D eigenvalue weighted by Gasteiger charge is -2.23. The summed E-state index contributed by atoms with van der Waals surface area (Å²) < 4.78 is 5.89. The lowest BCUT2D eigenvalue weighted by molar-refractivity contribution is -0.123. The van der Waals surface area contributed by atoms with Gasteiger partial charge >= 0.3 is 0 Å². The zero-order valence-corrected chi connectivity index (χ0v) is 13.6. The van der Waals surface area contributed by atoms with Crippen molar-refractivity contribution in [3.05, 3.63) is 54.6 Å². The maximum atomic E-state index is 12.1. The van der Waals surface area contributed by atoms with Crippen LogP contribution in [0, 0.1) is 0 Å². The van der Waals surface area contributed by atoms with E-state index in [0.717, 1.165) is 12.8 Å². The first-order valence-electron chi connectivity index (χ1n) is 8.03. The minimum absolute atomic E-state index is 0.0129. The van der Waals surface area contributed by atoms with Gasteiger partial charge in [-0.05, 0) is 37.1 Å². The first kappa shape index (κ1) is 16.1. The van der Waals surface area contributed by atoms with Crippen LogP contribution in [0.2, 0.25) is 0 Å². The van der Waals surface area contributed by atoms with Gasteiger partial charge in [-0.25, -0.2) is 0 Å². The number of amides is 2. The highest BCUT2D eigenvalue weighted by molar-refractivity contribution is 5.98. The summed E-state index contributed by atoms with van der Waals surface area (Å²) in [6.07, 6.45) is 2.03. The van der Waals surface area contributed by atoms with Gasteiger partial charge < -0.3 is 10.1 Å². The molecule has 5 nitrogen and oxygen atoms in total. The molecule has 0 bridgehead atoms. The molecule has 1 aliphatic carbocycles. The van der Waals surface area contributed by atoms with Gasteiger partial charge in [0.15, 0.2) is 5.75 Å². The third-order valence-corrected chi connectivity index (χ3v) is 3.75. The quantitative estimate of drug-likeness (QED) is 0.888. The van der Waals surface area contributed by atoms with Gasteiger partial charge in [-0.15, -0.1) is 0 Å². The van der Waals surface area contributed by atoms with Crippen molar-refractivity contribution in [1.29, 1.82) is 0 Å². The summed E-state index contributed by atoms with van der Waals surface area (Å²) in [6.45, 7) is 1.44. The molecule has 0 heterocycles. The van der Waals surface area contributed by atoms with E-state index in [1.165, 1.54) is 11.8 Å². The van der Waals surface area contributed by atoms with E-state index in [-0.39, 0.29) is 24.4 Å². The zero-order valence-electron chi connectivity index (χ0n) is 13.6. The van der Waals surface area contributed by atoms with E-state index in [9.17, 15) is 9.59 Å². The van der Waals surface area contributed by atoms with Gasteiger partial charge in [-0.2, -0.15) is 0 Å². The van der Waals surface area contributed by atoms with Gasteiger partial charge in [0.05, 0.1) is 5.69 Å². The Bertz CT molecular complexity index is 726. The van der Waals surface area contributed by atoms with Crippen LogP contribution in [0.4, 0.5) is 5.69 Å². The fraction of sp³-hybridized carbons (Fsp3) is 0.263. The van der Waals surface area contributed by atoms with Crippen LogP contribution in [-0.2, 0) is 9.59 Å². The summed E-state index contributed by atoms with van der Waals surface area (Å²) in [4.78, 5) is 25.6. The van der Waals surface area contributed by atoms with Crippen LogP contribution >= 0.6 is 0 Å². The Balaban J connectivity index is 1.81. The molecule has 124 valence electrons. The highest BCUT2D eigenvalue weighted by atomic mass is 16.5. The molecule has 0 unspecified atom stereocenters. The van der Waals surface area contributed by atoms with E-state index in [1.807, 2.05) is 42.5 Å². The Labute approximate surface area is 141 Å².